The molecule has 3 aromatic rings. The third-order valence-corrected chi connectivity index (χ3v) is 5.30. The molecule has 0 atom stereocenters. The number of anilines is 1. The van der Waals surface area contributed by atoms with E-state index in [1.165, 1.54) is 0 Å². The van der Waals surface area contributed by atoms with Crippen LogP contribution in [0.25, 0.3) is 10.9 Å². The number of hydrogen-bond donors (Lipinski definition) is 0. The molecule has 0 aliphatic heterocycles. The van der Waals surface area contributed by atoms with E-state index in [1.807, 2.05) is 44.2 Å². The molecular formula is C22H23N3O2. The summed E-state index contributed by atoms with van der Waals surface area (Å²) in [5.41, 5.74) is 4.34. The molecule has 0 unspecified atom stereocenters. The van der Waals surface area contributed by atoms with Gasteiger partial charge in [-0.15, -0.1) is 0 Å². The molecule has 1 saturated carbocycles. The van der Waals surface area contributed by atoms with Crippen LogP contribution < -0.4 is 10.5 Å². The maximum atomic E-state index is 13.1. The number of amides is 1. The Labute approximate surface area is 158 Å². The summed E-state index contributed by atoms with van der Waals surface area (Å²) in [4.78, 5) is 31.3. The van der Waals surface area contributed by atoms with Crippen LogP contribution in [0.2, 0.25) is 0 Å². The standard InChI is InChI=1S/C22H23N3O2/c1-4-25-20-8-7-16(12-19(20)18(13-21(25)26)15-5-6-15)22(27)24(3)17-9-10-23-14(2)11-17/h7-13,15H,4-6H2,1-3H3. The van der Waals surface area contributed by atoms with Crippen molar-refractivity contribution in [3.05, 3.63) is 69.8 Å². The number of aryl methyl sites for hydroxylation is 2. The molecule has 2 heterocycles. The Balaban J connectivity index is 1.81. The van der Waals surface area contributed by atoms with Crippen molar-refractivity contribution in [1.82, 2.24) is 9.55 Å². The molecule has 0 saturated heterocycles. The van der Waals surface area contributed by atoms with E-state index < -0.39 is 0 Å². The lowest BCUT2D eigenvalue weighted by Crippen LogP contribution is -2.26. The van der Waals surface area contributed by atoms with E-state index in [1.54, 1.807) is 28.8 Å². The first-order chi connectivity index (χ1) is 13.0. The topological polar surface area (TPSA) is 55.2 Å². The van der Waals surface area contributed by atoms with Crippen molar-refractivity contribution in [2.24, 2.45) is 0 Å². The number of aromatic nitrogens is 2. The summed E-state index contributed by atoms with van der Waals surface area (Å²) in [6.45, 7) is 4.49. The van der Waals surface area contributed by atoms with Gasteiger partial charge in [-0.3, -0.25) is 14.6 Å². The summed E-state index contributed by atoms with van der Waals surface area (Å²) in [6, 6.07) is 11.2. The van der Waals surface area contributed by atoms with Crippen LogP contribution in [0.4, 0.5) is 5.69 Å². The molecule has 1 amide bonds. The van der Waals surface area contributed by atoms with Crippen molar-refractivity contribution in [1.29, 1.82) is 0 Å². The lowest BCUT2D eigenvalue weighted by atomic mass is 10.0. The zero-order valence-electron chi connectivity index (χ0n) is 15.9. The van der Waals surface area contributed by atoms with E-state index in [-0.39, 0.29) is 11.5 Å². The van der Waals surface area contributed by atoms with Gasteiger partial charge in [0.25, 0.3) is 11.5 Å². The Bertz CT molecular complexity index is 1100. The number of pyridine rings is 2. The van der Waals surface area contributed by atoms with Crippen molar-refractivity contribution in [3.63, 3.8) is 0 Å². The Morgan fingerprint density at radius 1 is 1.22 bits per heavy atom. The van der Waals surface area contributed by atoms with Crippen molar-refractivity contribution < 1.29 is 4.79 Å². The van der Waals surface area contributed by atoms with Gasteiger partial charge in [0.2, 0.25) is 0 Å². The second kappa shape index (κ2) is 6.65. The van der Waals surface area contributed by atoms with Gasteiger partial charge >= 0.3 is 0 Å². The first-order valence-electron chi connectivity index (χ1n) is 9.37. The third kappa shape index (κ3) is 3.14. The van der Waals surface area contributed by atoms with Gasteiger partial charge in [-0.1, -0.05) is 0 Å². The van der Waals surface area contributed by atoms with Crippen LogP contribution in [0.1, 0.15) is 47.3 Å². The number of fused-ring (bicyclic) bond motifs is 1. The predicted molar refractivity (Wildman–Crippen MR) is 108 cm³/mol. The molecule has 1 fully saturated rings. The number of nitrogens with zero attached hydrogens (tertiary/aromatic N) is 3. The second-order valence-electron chi connectivity index (χ2n) is 7.21. The lowest BCUT2D eigenvalue weighted by Gasteiger charge is -2.19. The van der Waals surface area contributed by atoms with Gasteiger partial charge in [-0.25, -0.2) is 0 Å². The fourth-order valence-electron chi connectivity index (χ4n) is 3.65. The first kappa shape index (κ1) is 17.5. The van der Waals surface area contributed by atoms with Crippen LogP contribution in [0.5, 0.6) is 0 Å². The molecular weight excluding hydrogens is 338 g/mol. The second-order valence-corrected chi connectivity index (χ2v) is 7.21. The number of benzene rings is 1. The van der Waals surface area contributed by atoms with Crippen LogP contribution in [0.15, 0.2) is 47.4 Å². The molecule has 138 valence electrons. The molecule has 1 aromatic carbocycles. The molecule has 0 bridgehead atoms. The minimum atomic E-state index is -0.0708. The highest BCUT2D eigenvalue weighted by Gasteiger charge is 2.27. The molecule has 1 aliphatic carbocycles. The van der Waals surface area contributed by atoms with Crippen molar-refractivity contribution >= 4 is 22.5 Å². The van der Waals surface area contributed by atoms with E-state index in [0.717, 1.165) is 40.7 Å². The molecule has 0 N–H and O–H groups in total. The highest BCUT2D eigenvalue weighted by molar-refractivity contribution is 6.07. The van der Waals surface area contributed by atoms with Gasteiger partial charge in [-0.05, 0) is 68.5 Å². The maximum absolute atomic E-state index is 13.1. The summed E-state index contributed by atoms with van der Waals surface area (Å²) < 4.78 is 1.77. The van der Waals surface area contributed by atoms with Crippen LogP contribution in [-0.2, 0) is 6.54 Å². The zero-order chi connectivity index (χ0) is 19.1. The van der Waals surface area contributed by atoms with Gasteiger partial charge in [-0.2, -0.15) is 0 Å². The highest BCUT2D eigenvalue weighted by atomic mass is 16.2. The average Bonchev–Trinajstić information content (AvgIpc) is 3.51. The Hall–Kier alpha value is -2.95. The highest BCUT2D eigenvalue weighted by Crippen LogP contribution is 2.42. The van der Waals surface area contributed by atoms with Gasteiger partial charge in [0.15, 0.2) is 0 Å². The van der Waals surface area contributed by atoms with Crippen LogP contribution in [-0.4, -0.2) is 22.5 Å². The number of carbonyl (C=O) groups excluding carboxylic acids is 1. The molecule has 5 nitrogen and oxygen atoms in total. The monoisotopic (exact) mass is 361 g/mol. The Kier molecular flexibility index (Phi) is 4.30. The Morgan fingerprint density at radius 3 is 2.67 bits per heavy atom. The zero-order valence-corrected chi connectivity index (χ0v) is 15.9. The van der Waals surface area contributed by atoms with Gasteiger partial charge in [0.1, 0.15) is 0 Å². The van der Waals surface area contributed by atoms with Crippen LogP contribution in [0, 0.1) is 6.92 Å². The molecule has 0 spiro atoms. The predicted octanol–water partition coefficient (Wildman–Crippen LogP) is 3.88. The summed E-state index contributed by atoms with van der Waals surface area (Å²) in [5.74, 6) is 0.371. The molecule has 1 aliphatic rings. The molecule has 27 heavy (non-hydrogen) atoms. The number of carbonyl (C=O) groups is 1. The Morgan fingerprint density at radius 2 is 2.00 bits per heavy atom. The summed E-state index contributed by atoms with van der Waals surface area (Å²) in [7, 11) is 1.77. The minimum Gasteiger partial charge on any atom is -0.311 e. The quantitative estimate of drug-likeness (QED) is 0.709. The van der Waals surface area contributed by atoms with Gasteiger partial charge in [0.05, 0.1) is 5.52 Å². The first-order valence-corrected chi connectivity index (χ1v) is 9.37. The average molecular weight is 361 g/mol. The van der Waals surface area contributed by atoms with Crippen LogP contribution in [0.3, 0.4) is 0 Å². The summed E-state index contributed by atoms with van der Waals surface area (Å²) >= 11 is 0. The van der Waals surface area contributed by atoms with E-state index in [2.05, 4.69) is 4.98 Å². The normalized spacial score (nSPS) is 13.7. The van der Waals surface area contributed by atoms with Crippen molar-refractivity contribution in [3.8, 4) is 0 Å². The fraction of sp³-hybridized carbons (Fsp3) is 0.318. The molecule has 0 radical (unpaired) electrons. The smallest absolute Gasteiger partial charge is 0.258 e. The lowest BCUT2D eigenvalue weighted by molar-refractivity contribution is 0.0993. The van der Waals surface area contributed by atoms with E-state index >= 15 is 0 Å². The van der Waals surface area contributed by atoms with E-state index in [0.29, 0.717) is 18.0 Å². The SMILES string of the molecule is CCn1c(=O)cc(C2CC2)c2cc(C(=O)N(C)c3ccnc(C)c3)ccc21. The summed E-state index contributed by atoms with van der Waals surface area (Å²) in [5, 5.41) is 1.02. The van der Waals surface area contributed by atoms with Crippen molar-refractivity contribution in [2.45, 2.75) is 39.2 Å². The van der Waals surface area contributed by atoms with Crippen LogP contribution >= 0.6 is 0 Å². The maximum Gasteiger partial charge on any atom is 0.258 e. The fourth-order valence-corrected chi connectivity index (χ4v) is 3.65. The van der Waals surface area contributed by atoms with E-state index in [9.17, 15) is 9.59 Å². The largest absolute Gasteiger partial charge is 0.311 e. The number of rotatable bonds is 4. The number of hydrogen-bond acceptors (Lipinski definition) is 3. The summed E-state index contributed by atoms with van der Waals surface area (Å²) in [6.07, 6.45) is 3.93. The van der Waals surface area contributed by atoms with E-state index in [4.69, 9.17) is 0 Å². The third-order valence-electron chi connectivity index (χ3n) is 5.30. The van der Waals surface area contributed by atoms with Gasteiger partial charge in [0, 0.05) is 48.2 Å². The molecule has 2 aromatic heterocycles. The van der Waals surface area contributed by atoms with Gasteiger partial charge < -0.3 is 9.47 Å². The molecule has 5 heteroatoms. The van der Waals surface area contributed by atoms with Crippen molar-refractivity contribution in [2.75, 3.05) is 11.9 Å². The minimum absolute atomic E-state index is 0.0374. The molecule has 4 rings (SSSR count).